The van der Waals surface area contributed by atoms with Gasteiger partial charge in [-0.25, -0.2) is 9.59 Å². The third kappa shape index (κ3) is 5.07. The third-order valence-corrected chi connectivity index (χ3v) is 11.5. The molecule has 3 N–H and O–H groups in total. The van der Waals surface area contributed by atoms with E-state index in [0.29, 0.717) is 12.6 Å². The number of carboxylic acid groups (broad SMARTS) is 2. The minimum atomic E-state index is -2.12. The summed E-state index contributed by atoms with van der Waals surface area (Å²) in [6.45, 7) is 11.2. The lowest BCUT2D eigenvalue weighted by molar-refractivity contribution is -0.149. The first-order valence-electron chi connectivity index (χ1n) is 10.5. The normalized spacial score (nSPS) is 27.2. The van der Waals surface area contributed by atoms with Gasteiger partial charge in [-0.15, -0.1) is 0 Å². The Morgan fingerprint density at radius 3 is 2.29 bits per heavy atom. The predicted molar refractivity (Wildman–Crippen MR) is 111 cm³/mol. The van der Waals surface area contributed by atoms with E-state index in [2.05, 4.69) is 39.2 Å². The third-order valence-electron chi connectivity index (χ3n) is 6.94. The standard InChI is InChI=1S/C20H38N2O5Si/c1-19(2,3)28(4,5)27-16-13-20(17(23)24,22(14-16)18(25)26)11-12-21-15-9-7-6-8-10-15/h15-16,21H,6-14H2,1-5H3,(H,23,24)(H,25,26)/t16-,20?/m1/s1. The van der Waals surface area contributed by atoms with Gasteiger partial charge in [0.2, 0.25) is 0 Å². The van der Waals surface area contributed by atoms with E-state index in [1.165, 1.54) is 19.3 Å². The molecule has 7 nitrogen and oxygen atoms in total. The fourth-order valence-corrected chi connectivity index (χ4v) is 5.54. The summed E-state index contributed by atoms with van der Waals surface area (Å²) in [5, 5.41) is 23.2. The number of aliphatic carboxylic acids is 1. The Balaban J connectivity index is 2.11. The quantitative estimate of drug-likeness (QED) is 0.547. The number of hydrogen-bond donors (Lipinski definition) is 3. The van der Waals surface area contributed by atoms with E-state index >= 15 is 0 Å². The van der Waals surface area contributed by atoms with E-state index in [1.54, 1.807) is 0 Å². The molecule has 1 aliphatic heterocycles. The summed E-state index contributed by atoms with van der Waals surface area (Å²) in [6.07, 6.45) is 4.81. The maximum Gasteiger partial charge on any atom is 0.408 e. The van der Waals surface area contributed by atoms with E-state index in [4.69, 9.17) is 4.43 Å². The van der Waals surface area contributed by atoms with Crippen LogP contribution in [0.5, 0.6) is 0 Å². The van der Waals surface area contributed by atoms with Crippen molar-refractivity contribution in [3.05, 3.63) is 0 Å². The zero-order valence-electron chi connectivity index (χ0n) is 18.1. The Labute approximate surface area is 170 Å². The Kier molecular flexibility index (Phi) is 7.20. The molecule has 1 aliphatic carbocycles. The van der Waals surface area contributed by atoms with Gasteiger partial charge in [0.05, 0.1) is 12.6 Å². The lowest BCUT2D eigenvalue weighted by atomic mass is 9.90. The summed E-state index contributed by atoms with van der Waals surface area (Å²) in [5.74, 6) is -1.07. The summed E-state index contributed by atoms with van der Waals surface area (Å²) >= 11 is 0. The number of likely N-dealkylation sites (tertiary alicyclic amines) is 1. The van der Waals surface area contributed by atoms with Crippen LogP contribution in [0.2, 0.25) is 18.1 Å². The van der Waals surface area contributed by atoms with Crippen LogP contribution in [0.25, 0.3) is 0 Å². The molecule has 0 radical (unpaired) electrons. The SMILES string of the molecule is CC(C)(C)[Si](C)(C)O[C@H]1CN(C(=O)O)C(CCNC2CCCCC2)(C(=O)O)C1. The number of nitrogens with one attached hydrogen (secondary N) is 1. The molecule has 2 atom stereocenters. The second-order valence-corrected chi connectivity index (χ2v) is 14.7. The molecule has 0 aromatic heterocycles. The number of carboxylic acids is 1. The first-order chi connectivity index (χ1) is 12.9. The van der Waals surface area contributed by atoms with E-state index in [9.17, 15) is 19.8 Å². The monoisotopic (exact) mass is 414 g/mol. The van der Waals surface area contributed by atoms with Crippen LogP contribution in [0.15, 0.2) is 0 Å². The predicted octanol–water partition coefficient (Wildman–Crippen LogP) is 3.90. The molecule has 2 aliphatic rings. The van der Waals surface area contributed by atoms with Gasteiger partial charge in [0.25, 0.3) is 0 Å². The summed E-state index contributed by atoms with van der Waals surface area (Å²) < 4.78 is 6.40. The van der Waals surface area contributed by atoms with E-state index < -0.39 is 25.9 Å². The highest BCUT2D eigenvalue weighted by molar-refractivity contribution is 6.74. The van der Waals surface area contributed by atoms with Crippen molar-refractivity contribution >= 4 is 20.4 Å². The summed E-state index contributed by atoms with van der Waals surface area (Å²) in [5.41, 5.74) is -1.42. The molecule has 1 saturated carbocycles. The van der Waals surface area contributed by atoms with Crippen LogP contribution >= 0.6 is 0 Å². The molecule has 8 heteroatoms. The zero-order chi connectivity index (χ0) is 21.2. The van der Waals surface area contributed by atoms with Crippen molar-refractivity contribution in [1.29, 1.82) is 0 Å². The van der Waals surface area contributed by atoms with Crippen molar-refractivity contribution in [3.8, 4) is 0 Å². The minimum absolute atomic E-state index is 0.0158. The molecular weight excluding hydrogens is 376 g/mol. The van der Waals surface area contributed by atoms with Crippen LogP contribution in [-0.2, 0) is 9.22 Å². The van der Waals surface area contributed by atoms with Gasteiger partial charge < -0.3 is 20.0 Å². The largest absolute Gasteiger partial charge is 0.479 e. The molecule has 2 fully saturated rings. The smallest absolute Gasteiger partial charge is 0.408 e. The van der Waals surface area contributed by atoms with Gasteiger partial charge in [-0.3, -0.25) is 4.90 Å². The second-order valence-electron chi connectivity index (χ2n) is 9.97. The average molecular weight is 415 g/mol. The summed E-state index contributed by atoms with van der Waals surface area (Å²) in [6, 6.07) is 0.415. The van der Waals surface area contributed by atoms with E-state index in [-0.39, 0.29) is 30.5 Å². The maximum atomic E-state index is 12.3. The van der Waals surface area contributed by atoms with Gasteiger partial charge in [0, 0.05) is 12.5 Å². The van der Waals surface area contributed by atoms with Crippen LogP contribution in [-0.4, -0.2) is 66.3 Å². The Morgan fingerprint density at radius 2 is 1.79 bits per heavy atom. The van der Waals surface area contributed by atoms with Crippen LogP contribution < -0.4 is 5.32 Å². The lowest BCUT2D eigenvalue weighted by Gasteiger charge is -2.38. The van der Waals surface area contributed by atoms with E-state index in [1.807, 2.05) is 0 Å². The summed E-state index contributed by atoms with van der Waals surface area (Å²) in [4.78, 5) is 25.3. The number of amides is 1. The highest BCUT2D eigenvalue weighted by atomic mass is 28.4. The Bertz CT molecular complexity index is 571. The molecule has 0 spiro atoms. The van der Waals surface area contributed by atoms with Gasteiger partial charge in [0.1, 0.15) is 5.54 Å². The van der Waals surface area contributed by atoms with Crippen molar-refractivity contribution < 1.29 is 24.2 Å². The Morgan fingerprint density at radius 1 is 1.18 bits per heavy atom. The van der Waals surface area contributed by atoms with Gasteiger partial charge in [-0.1, -0.05) is 40.0 Å². The molecule has 0 aromatic rings. The first kappa shape index (κ1) is 23.2. The molecule has 28 heavy (non-hydrogen) atoms. The molecule has 0 bridgehead atoms. The van der Waals surface area contributed by atoms with Crippen LogP contribution in [0.3, 0.4) is 0 Å². The Hall–Kier alpha value is -1.12. The minimum Gasteiger partial charge on any atom is -0.479 e. The topological polar surface area (TPSA) is 99.1 Å². The van der Waals surface area contributed by atoms with Crippen LogP contribution in [0.4, 0.5) is 4.79 Å². The molecule has 1 saturated heterocycles. The molecule has 1 amide bonds. The highest BCUT2D eigenvalue weighted by Crippen LogP contribution is 2.41. The van der Waals surface area contributed by atoms with Crippen LogP contribution in [0, 0.1) is 0 Å². The molecular formula is C20H38N2O5Si. The molecule has 0 aromatic carbocycles. The number of hydrogen-bond acceptors (Lipinski definition) is 4. The van der Waals surface area contributed by atoms with Gasteiger partial charge >= 0.3 is 12.1 Å². The van der Waals surface area contributed by atoms with Crippen molar-refractivity contribution in [3.63, 3.8) is 0 Å². The van der Waals surface area contributed by atoms with E-state index in [0.717, 1.165) is 17.7 Å². The maximum absolute atomic E-state index is 12.3. The van der Waals surface area contributed by atoms with Crippen molar-refractivity contribution in [1.82, 2.24) is 10.2 Å². The van der Waals surface area contributed by atoms with Gasteiger partial charge in [-0.05, 0) is 43.9 Å². The molecule has 1 heterocycles. The summed E-state index contributed by atoms with van der Waals surface area (Å²) in [7, 11) is -2.12. The average Bonchev–Trinajstić information content (AvgIpc) is 2.94. The fourth-order valence-electron chi connectivity index (χ4n) is 4.20. The van der Waals surface area contributed by atoms with Crippen LogP contribution in [0.1, 0.15) is 65.7 Å². The van der Waals surface area contributed by atoms with Crippen molar-refractivity contribution in [2.45, 2.75) is 102 Å². The molecule has 162 valence electrons. The van der Waals surface area contributed by atoms with Crippen molar-refractivity contribution in [2.75, 3.05) is 13.1 Å². The fraction of sp³-hybridized carbons (Fsp3) is 0.900. The molecule has 1 unspecified atom stereocenters. The second kappa shape index (κ2) is 8.71. The molecule has 2 rings (SSSR count). The van der Waals surface area contributed by atoms with Gasteiger partial charge in [0.15, 0.2) is 8.32 Å². The highest BCUT2D eigenvalue weighted by Gasteiger charge is 2.55. The zero-order valence-corrected chi connectivity index (χ0v) is 19.1. The van der Waals surface area contributed by atoms with Crippen molar-refractivity contribution in [2.24, 2.45) is 0 Å². The van der Waals surface area contributed by atoms with Gasteiger partial charge in [-0.2, -0.15) is 0 Å². The number of carbonyl (C=O) groups is 2. The number of rotatable bonds is 7. The first-order valence-corrected chi connectivity index (χ1v) is 13.4. The number of nitrogens with zero attached hydrogens (tertiary/aromatic N) is 1. The lowest BCUT2D eigenvalue weighted by Crippen LogP contribution is -2.54.